The zero-order valence-corrected chi connectivity index (χ0v) is 18.9. The summed E-state index contributed by atoms with van der Waals surface area (Å²) in [5, 5.41) is 5.26. The molecule has 3 aromatic heterocycles. The fourth-order valence-corrected chi connectivity index (χ4v) is 5.56. The summed E-state index contributed by atoms with van der Waals surface area (Å²) in [5.74, 6) is 0.321. The molecule has 32 heavy (non-hydrogen) atoms. The Balaban J connectivity index is 1.33. The van der Waals surface area contributed by atoms with Gasteiger partial charge in [0.25, 0.3) is 5.91 Å². The zero-order chi connectivity index (χ0) is 22.2. The summed E-state index contributed by atoms with van der Waals surface area (Å²) < 4.78 is 1.53. The SMILES string of the molecule is CN1CCC(CNC(=O)c2cccc(-c3cnc4[nH]c(=O)n(C)c4c3)c2)C1c1cccs1. The Hall–Kier alpha value is -3.23. The van der Waals surface area contributed by atoms with Crippen LogP contribution in [0.3, 0.4) is 0 Å². The summed E-state index contributed by atoms with van der Waals surface area (Å²) in [6.45, 7) is 1.69. The molecular weight excluding hydrogens is 422 g/mol. The topological polar surface area (TPSA) is 83.0 Å². The van der Waals surface area contributed by atoms with Crippen molar-refractivity contribution in [1.82, 2.24) is 24.8 Å². The van der Waals surface area contributed by atoms with E-state index in [4.69, 9.17) is 0 Å². The van der Waals surface area contributed by atoms with Crippen molar-refractivity contribution in [2.45, 2.75) is 12.5 Å². The molecule has 2 N–H and O–H groups in total. The van der Waals surface area contributed by atoms with Gasteiger partial charge in [0, 0.05) is 41.8 Å². The highest BCUT2D eigenvalue weighted by Crippen LogP contribution is 2.37. The van der Waals surface area contributed by atoms with E-state index in [0.717, 1.165) is 29.6 Å². The average molecular weight is 448 g/mol. The zero-order valence-electron chi connectivity index (χ0n) is 18.0. The van der Waals surface area contributed by atoms with E-state index in [9.17, 15) is 9.59 Å². The summed E-state index contributed by atoms with van der Waals surface area (Å²) in [4.78, 5) is 35.6. The third kappa shape index (κ3) is 3.76. The fourth-order valence-electron chi connectivity index (χ4n) is 4.57. The van der Waals surface area contributed by atoms with Crippen molar-refractivity contribution in [3.05, 3.63) is 75.0 Å². The highest BCUT2D eigenvalue weighted by Gasteiger charge is 2.33. The van der Waals surface area contributed by atoms with E-state index in [1.165, 1.54) is 9.44 Å². The fraction of sp³-hybridized carbons (Fsp3) is 0.292. The second kappa shape index (κ2) is 8.37. The minimum Gasteiger partial charge on any atom is -0.352 e. The van der Waals surface area contributed by atoms with Crippen molar-refractivity contribution in [2.75, 3.05) is 20.1 Å². The number of pyridine rings is 1. The van der Waals surface area contributed by atoms with Crippen LogP contribution in [0, 0.1) is 5.92 Å². The van der Waals surface area contributed by atoms with Gasteiger partial charge in [-0.1, -0.05) is 18.2 Å². The molecule has 2 atom stereocenters. The summed E-state index contributed by atoms with van der Waals surface area (Å²) in [5.41, 5.74) is 3.44. The number of nitrogens with zero attached hydrogens (tertiary/aromatic N) is 3. The molecule has 0 aliphatic carbocycles. The molecule has 1 fully saturated rings. The molecule has 0 radical (unpaired) electrons. The highest BCUT2D eigenvalue weighted by molar-refractivity contribution is 7.10. The molecule has 1 saturated heterocycles. The van der Waals surface area contributed by atoms with Gasteiger partial charge >= 0.3 is 5.69 Å². The first-order valence-corrected chi connectivity index (χ1v) is 11.6. The van der Waals surface area contributed by atoms with Gasteiger partial charge < -0.3 is 5.32 Å². The number of hydrogen-bond donors (Lipinski definition) is 2. The molecule has 1 aromatic carbocycles. The number of imidazole rings is 1. The summed E-state index contributed by atoms with van der Waals surface area (Å²) in [6.07, 6.45) is 2.79. The lowest BCUT2D eigenvalue weighted by molar-refractivity contribution is 0.0944. The molecule has 7 nitrogen and oxygen atoms in total. The van der Waals surface area contributed by atoms with Gasteiger partial charge in [0.1, 0.15) is 0 Å². The lowest BCUT2D eigenvalue weighted by Crippen LogP contribution is -2.32. The Kier molecular flexibility index (Phi) is 5.40. The molecule has 0 saturated carbocycles. The molecule has 1 amide bonds. The van der Waals surface area contributed by atoms with E-state index in [-0.39, 0.29) is 11.6 Å². The van der Waals surface area contributed by atoms with Crippen LogP contribution in [-0.2, 0) is 7.05 Å². The Labute approximate surface area is 189 Å². The van der Waals surface area contributed by atoms with Crippen LogP contribution in [0.1, 0.15) is 27.7 Å². The molecule has 4 heterocycles. The quantitative estimate of drug-likeness (QED) is 0.491. The van der Waals surface area contributed by atoms with Crippen LogP contribution in [-0.4, -0.2) is 45.5 Å². The first-order valence-electron chi connectivity index (χ1n) is 10.7. The minimum absolute atomic E-state index is 0.0746. The van der Waals surface area contributed by atoms with E-state index >= 15 is 0 Å². The van der Waals surface area contributed by atoms with E-state index in [1.54, 1.807) is 24.6 Å². The van der Waals surface area contributed by atoms with Gasteiger partial charge in [0.05, 0.1) is 5.52 Å². The monoisotopic (exact) mass is 447 g/mol. The number of aryl methyl sites for hydroxylation is 1. The maximum absolute atomic E-state index is 12.9. The minimum atomic E-state index is -0.198. The summed E-state index contributed by atoms with van der Waals surface area (Å²) in [7, 11) is 3.86. The average Bonchev–Trinajstić information content (AvgIpc) is 3.52. The number of aromatic amines is 1. The van der Waals surface area contributed by atoms with Gasteiger partial charge in [-0.15, -0.1) is 11.3 Å². The second-order valence-electron chi connectivity index (χ2n) is 8.36. The van der Waals surface area contributed by atoms with Crippen molar-refractivity contribution in [1.29, 1.82) is 0 Å². The number of benzene rings is 1. The van der Waals surface area contributed by atoms with Gasteiger partial charge in [-0.2, -0.15) is 0 Å². The van der Waals surface area contributed by atoms with Gasteiger partial charge in [-0.3, -0.25) is 19.2 Å². The van der Waals surface area contributed by atoms with Crippen molar-refractivity contribution in [2.24, 2.45) is 13.0 Å². The first kappa shape index (κ1) is 20.7. The van der Waals surface area contributed by atoms with E-state index in [0.29, 0.717) is 29.7 Å². The van der Waals surface area contributed by atoms with Crippen molar-refractivity contribution >= 4 is 28.4 Å². The lowest BCUT2D eigenvalue weighted by atomic mass is 9.98. The van der Waals surface area contributed by atoms with E-state index in [2.05, 4.69) is 44.7 Å². The number of carbonyl (C=O) groups is 1. The van der Waals surface area contributed by atoms with Gasteiger partial charge in [-0.25, -0.2) is 9.78 Å². The number of aromatic nitrogens is 3. The number of amides is 1. The Bertz CT molecular complexity index is 1320. The number of fused-ring (bicyclic) bond motifs is 1. The number of carbonyl (C=O) groups excluding carboxylic acids is 1. The Morgan fingerprint density at radius 1 is 1.22 bits per heavy atom. The predicted octanol–water partition coefficient (Wildman–Crippen LogP) is 3.41. The van der Waals surface area contributed by atoms with Crippen LogP contribution in [0.4, 0.5) is 0 Å². The van der Waals surface area contributed by atoms with Crippen LogP contribution in [0.5, 0.6) is 0 Å². The van der Waals surface area contributed by atoms with Crippen LogP contribution in [0.25, 0.3) is 22.3 Å². The normalized spacial score (nSPS) is 18.9. The molecule has 0 spiro atoms. The molecule has 4 aromatic rings. The number of hydrogen-bond acceptors (Lipinski definition) is 5. The van der Waals surface area contributed by atoms with Crippen LogP contribution in [0.2, 0.25) is 0 Å². The predicted molar refractivity (Wildman–Crippen MR) is 127 cm³/mol. The van der Waals surface area contributed by atoms with Gasteiger partial charge in [0.2, 0.25) is 0 Å². The summed E-state index contributed by atoms with van der Waals surface area (Å²) >= 11 is 1.78. The molecule has 2 unspecified atom stereocenters. The largest absolute Gasteiger partial charge is 0.352 e. The van der Waals surface area contributed by atoms with Gasteiger partial charge in [-0.05, 0) is 61.1 Å². The molecule has 1 aliphatic rings. The van der Waals surface area contributed by atoms with Crippen molar-refractivity contribution in [3.8, 4) is 11.1 Å². The van der Waals surface area contributed by atoms with Crippen LogP contribution < -0.4 is 11.0 Å². The molecule has 8 heteroatoms. The summed E-state index contributed by atoms with van der Waals surface area (Å²) in [6, 6.07) is 14.1. The van der Waals surface area contributed by atoms with Crippen LogP contribution in [0.15, 0.2) is 58.8 Å². The third-order valence-corrected chi connectivity index (χ3v) is 7.29. The number of rotatable bonds is 5. The Morgan fingerprint density at radius 2 is 2.09 bits per heavy atom. The molecule has 0 bridgehead atoms. The molecular formula is C24H25N5O2S. The van der Waals surface area contributed by atoms with Crippen molar-refractivity contribution in [3.63, 3.8) is 0 Å². The smallest absolute Gasteiger partial charge is 0.327 e. The first-order chi connectivity index (χ1) is 15.5. The van der Waals surface area contributed by atoms with E-state index in [1.807, 2.05) is 30.3 Å². The highest BCUT2D eigenvalue weighted by atomic mass is 32.1. The maximum atomic E-state index is 12.9. The molecule has 164 valence electrons. The van der Waals surface area contributed by atoms with Crippen LogP contribution >= 0.6 is 11.3 Å². The number of likely N-dealkylation sites (tertiary alicyclic amines) is 1. The standard InChI is InChI=1S/C24H25N5O2S/c1-28-9-8-17(21(28)20-7-4-10-32-20)13-26-23(30)16-6-3-5-15(11-16)18-12-19-22(25-14-18)27-24(31)29(19)2/h3-7,10-12,14,17,21H,8-9,13H2,1-2H3,(H,26,30)(H,25,27,31). The maximum Gasteiger partial charge on any atom is 0.327 e. The number of H-pyrrole nitrogens is 1. The van der Waals surface area contributed by atoms with E-state index < -0.39 is 0 Å². The number of thiophene rings is 1. The number of nitrogens with one attached hydrogen (secondary N) is 2. The molecule has 1 aliphatic heterocycles. The third-order valence-electron chi connectivity index (χ3n) is 6.35. The van der Waals surface area contributed by atoms with Crippen molar-refractivity contribution < 1.29 is 4.79 Å². The second-order valence-corrected chi connectivity index (χ2v) is 9.34. The lowest BCUT2D eigenvalue weighted by Gasteiger charge is -2.24. The molecule has 5 rings (SSSR count). The Morgan fingerprint density at radius 3 is 2.91 bits per heavy atom. The van der Waals surface area contributed by atoms with Gasteiger partial charge in [0.15, 0.2) is 5.65 Å².